The van der Waals surface area contributed by atoms with Crippen molar-refractivity contribution in [2.45, 2.75) is 38.2 Å². The predicted octanol–water partition coefficient (Wildman–Crippen LogP) is 1.12. The first-order valence-corrected chi connectivity index (χ1v) is 5.68. The molecule has 80 valence electrons. The van der Waals surface area contributed by atoms with Crippen molar-refractivity contribution in [2.24, 2.45) is 5.92 Å². The van der Waals surface area contributed by atoms with E-state index in [9.17, 15) is 4.79 Å². The van der Waals surface area contributed by atoms with Crippen molar-refractivity contribution in [3.63, 3.8) is 0 Å². The van der Waals surface area contributed by atoms with Gasteiger partial charge in [-0.15, -0.1) is 0 Å². The minimum absolute atomic E-state index is 0.135. The van der Waals surface area contributed by atoms with E-state index in [1.165, 1.54) is 12.8 Å². The number of morpholine rings is 1. The third-order valence-electron chi connectivity index (χ3n) is 2.99. The van der Waals surface area contributed by atoms with Crippen LogP contribution in [0, 0.1) is 5.92 Å². The fourth-order valence-electron chi connectivity index (χ4n) is 1.88. The molecule has 1 aliphatic carbocycles. The van der Waals surface area contributed by atoms with E-state index in [1.807, 2.05) is 0 Å². The lowest BCUT2D eigenvalue weighted by atomic mass is 10.1. The highest BCUT2D eigenvalue weighted by atomic mass is 16.5. The number of hydrogen-bond acceptors (Lipinski definition) is 3. The van der Waals surface area contributed by atoms with Gasteiger partial charge in [-0.05, 0) is 12.3 Å². The van der Waals surface area contributed by atoms with Gasteiger partial charge >= 0.3 is 0 Å². The van der Waals surface area contributed by atoms with Gasteiger partial charge in [0.15, 0.2) is 0 Å². The molecule has 1 aliphatic heterocycles. The van der Waals surface area contributed by atoms with Crippen molar-refractivity contribution in [1.82, 2.24) is 5.32 Å². The summed E-state index contributed by atoms with van der Waals surface area (Å²) in [6.07, 6.45) is 5.31. The first-order chi connectivity index (χ1) is 6.84. The molecular weight excluding hydrogens is 178 g/mol. The van der Waals surface area contributed by atoms with Crippen LogP contribution in [0.25, 0.3) is 0 Å². The molecule has 14 heavy (non-hydrogen) atoms. The molecule has 2 aliphatic rings. The molecule has 2 fully saturated rings. The van der Waals surface area contributed by atoms with Crippen molar-refractivity contribution >= 4 is 5.78 Å². The third-order valence-corrected chi connectivity index (χ3v) is 2.99. The zero-order valence-electron chi connectivity index (χ0n) is 8.63. The summed E-state index contributed by atoms with van der Waals surface area (Å²) in [5, 5.41) is 3.24. The lowest BCUT2D eigenvalue weighted by molar-refractivity contribution is -0.122. The van der Waals surface area contributed by atoms with Crippen LogP contribution in [0.3, 0.4) is 0 Å². The average molecular weight is 197 g/mol. The van der Waals surface area contributed by atoms with Crippen molar-refractivity contribution in [3.05, 3.63) is 0 Å². The molecule has 1 atom stereocenters. The Morgan fingerprint density at radius 3 is 2.93 bits per heavy atom. The topological polar surface area (TPSA) is 38.3 Å². The van der Waals surface area contributed by atoms with E-state index in [0.29, 0.717) is 12.2 Å². The maximum absolute atomic E-state index is 11.5. The minimum atomic E-state index is 0.135. The van der Waals surface area contributed by atoms with Gasteiger partial charge in [0.25, 0.3) is 0 Å². The van der Waals surface area contributed by atoms with Crippen LogP contribution in [0.4, 0.5) is 0 Å². The SMILES string of the molecule is O=C(CCC1CC1)CC1CNCCO1. The highest BCUT2D eigenvalue weighted by molar-refractivity contribution is 5.78. The molecule has 0 aromatic carbocycles. The lowest BCUT2D eigenvalue weighted by Crippen LogP contribution is -2.39. The van der Waals surface area contributed by atoms with Gasteiger partial charge in [0.2, 0.25) is 0 Å². The zero-order chi connectivity index (χ0) is 9.80. The molecule has 2 rings (SSSR count). The number of Topliss-reactive ketones (excluding diaryl/α,β-unsaturated/α-hetero) is 1. The molecule has 0 bridgehead atoms. The van der Waals surface area contributed by atoms with E-state index >= 15 is 0 Å². The van der Waals surface area contributed by atoms with Gasteiger partial charge in [-0.3, -0.25) is 4.79 Å². The summed E-state index contributed by atoms with van der Waals surface area (Å²) in [7, 11) is 0. The third kappa shape index (κ3) is 3.39. The average Bonchev–Trinajstić information content (AvgIpc) is 3.00. The fourth-order valence-corrected chi connectivity index (χ4v) is 1.88. The smallest absolute Gasteiger partial charge is 0.135 e. The molecule has 0 aromatic heterocycles. The lowest BCUT2D eigenvalue weighted by Gasteiger charge is -2.22. The maximum atomic E-state index is 11.5. The highest BCUT2D eigenvalue weighted by Crippen LogP contribution is 2.33. The molecule has 1 N–H and O–H groups in total. The van der Waals surface area contributed by atoms with Gasteiger partial charge in [-0.25, -0.2) is 0 Å². The Morgan fingerprint density at radius 1 is 1.43 bits per heavy atom. The minimum Gasteiger partial charge on any atom is -0.375 e. The number of ketones is 1. The van der Waals surface area contributed by atoms with Crippen molar-refractivity contribution < 1.29 is 9.53 Å². The van der Waals surface area contributed by atoms with Gasteiger partial charge in [0, 0.05) is 25.9 Å². The number of carbonyl (C=O) groups excluding carboxylic acids is 1. The standard InChI is InChI=1S/C11H19NO2/c13-10(4-3-9-1-2-9)7-11-8-12-5-6-14-11/h9,11-12H,1-8H2. The number of hydrogen-bond donors (Lipinski definition) is 1. The Hall–Kier alpha value is -0.410. The van der Waals surface area contributed by atoms with Gasteiger partial charge in [-0.2, -0.15) is 0 Å². The van der Waals surface area contributed by atoms with E-state index in [2.05, 4.69) is 5.32 Å². The van der Waals surface area contributed by atoms with Gasteiger partial charge in [0.05, 0.1) is 12.7 Å². The quantitative estimate of drug-likeness (QED) is 0.718. The summed E-state index contributed by atoms with van der Waals surface area (Å²) in [5.74, 6) is 1.25. The molecule has 3 nitrogen and oxygen atoms in total. The van der Waals surface area contributed by atoms with Crippen molar-refractivity contribution in [2.75, 3.05) is 19.7 Å². The Morgan fingerprint density at radius 2 is 2.29 bits per heavy atom. The van der Waals surface area contributed by atoms with E-state index < -0.39 is 0 Å². The predicted molar refractivity (Wildman–Crippen MR) is 54.2 cm³/mol. The first kappa shape index (κ1) is 10.1. The van der Waals surface area contributed by atoms with Crippen molar-refractivity contribution in [3.8, 4) is 0 Å². The Balaban J connectivity index is 1.59. The molecule has 1 saturated carbocycles. The summed E-state index contributed by atoms with van der Waals surface area (Å²) < 4.78 is 5.49. The summed E-state index contributed by atoms with van der Waals surface area (Å²) in [4.78, 5) is 11.5. The first-order valence-electron chi connectivity index (χ1n) is 5.68. The Bertz CT molecular complexity index is 195. The van der Waals surface area contributed by atoms with Crippen molar-refractivity contribution in [1.29, 1.82) is 0 Å². The Kier molecular flexibility index (Phi) is 3.54. The van der Waals surface area contributed by atoms with Crippen LogP contribution in [-0.4, -0.2) is 31.6 Å². The molecule has 0 radical (unpaired) electrons. The second kappa shape index (κ2) is 4.89. The number of ether oxygens (including phenoxy) is 1. The summed E-state index contributed by atoms with van der Waals surface area (Å²) in [6.45, 7) is 2.52. The summed E-state index contributed by atoms with van der Waals surface area (Å²) in [5.41, 5.74) is 0. The van der Waals surface area contributed by atoms with E-state index in [0.717, 1.165) is 38.5 Å². The second-order valence-corrected chi connectivity index (χ2v) is 4.42. The zero-order valence-corrected chi connectivity index (χ0v) is 8.63. The molecular formula is C11H19NO2. The van der Waals surface area contributed by atoms with Crippen LogP contribution in [0.2, 0.25) is 0 Å². The van der Waals surface area contributed by atoms with Crippen LogP contribution in [-0.2, 0) is 9.53 Å². The van der Waals surface area contributed by atoms with Crippen LogP contribution < -0.4 is 5.32 Å². The largest absolute Gasteiger partial charge is 0.375 e. The molecule has 0 aromatic rings. The van der Waals surface area contributed by atoms with Crippen LogP contribution in [0.5, 0.6) is 0 Å². The second-order valence-electron chi connectivity index (χ2n) is 4.42. The van der Waals surface area contributed by atoms with Crippen LogP contribution in [0.1, 0.15) is 32.1 Å². The number of carbonyl (C=O) groups is 1. The van der Waals surface area contributed by atoms with Crippen LogP contribution >= 0.6 is 0 Å². The number of rotatable bonds is 5. The van der Waals surface area contributed by atoms with E-state index in [1.54, 1.807) is 0 Å². The molecule has 0 spiro atoms. The normalized spacial score (nSPS) is 27.6. The Labute approximate surface area is 85.2 Å². The molecule has 1 heterocycles. The monoisotopic (exact) mass is 197 g/mol. The molecule has 0 amide bonds. The molecule has 3 heteroatoms. The van der Waals surface area contributed by atoms with Gasteiger partial charge < -0.3 is 10.1 Å². The van der Waals surface area contributed by atoms with Crippen LogP contribution in [0.15, 0.2) is 0 Å². The highest BCUT2D eigenvalue weighted by Gasteiger charge is 2.23. The van der Waals surface area contributed by atoms with Gasteiger partial charge in [-0.1, -0.05) is 12.8 Å². The van der Waals surface area contributed by atoms with Gasteiger partial charge in [0.1, 0.15) is 5.78 Å². The molecule has 1 unspecified atom stereocenters. The maximum Gasteiger partial charge on any atom is 0.135 e. The van der Waals surface area contributed by atoms with E-state index in [4.69, 9.17) is 4.74 Å². The summed E-state index contributed by atoms with van der Waals surface area (Å²) >= 11 is 0. The van der Waals surface area contributed by atoms with E-state index in [-0.39, 0.29) is 6.10 Å². The summed E-state index contributed by atoms with van der Waals surface area (Å²) in [6, 6.07) is 0. The fraction of sp³-hybridized carbons (Fsp3) is 0.909. The number of nitrogens with one attached hydrogen (secondary N) is 1. The molecule has 1 saturated heterocycles.